The van der Waals surface area contributed by atoms with Gasteiger partial charge in [0.1, 0.15) is 17.7 Å². The van der Waals surface area contributed by atoms with Gasteiger partial charge in [0.25, 0.3) is 5.91 Å². The number of carbonyl (C=O) groups excluding carboxylic acids is 4. The summed E-state index contributed by atoms with van der Waals surface area (Å²) in [4.78, 5) is 55.1. The number of amides is 4. The number of nitrogens with two attached hydrogens (primary N) is 1. The van der Waals surface area contributed by atoms with Crippen molar-refractivity contribution in [2.75, 3.05) is 11.9 Å². The fraction of sp³-hybridized carbons (Fsp3) is 0.529. The van der Waals surface area contributed by atoms with E-state index in [1.165, 1.54) is 4.90 Å². The molecule has 0 aliphatic heterocycles. The van der Waals surface area contributed by atoms with Gasteiger partial charge in [0.05, 0.1) is 17.1 Å². The summed E-state index contributed by atoms with van der Waals surface area (Å²) in [5.74, 6) is -1.85. The van der Waals surface area contributed by atoms with Gasteiger partial charge < -0.3 is 26.0 Å². The van der Waals surface area contributed by atoms with E-state index in [2.05, 4.69) is 17.6 Å². The van der Waals surface area contributed by atoms with E-state index < -0.39 is 47.9 Å². The molecular formula is C34H49ClN4O5. The lowest BCUT2D eigenvalue weighted by atomic mass is 9.93. The van der Waals surface area contributed by atoms with Gasteiger partial charge in [-0.25, -0.2) is 4.79 Å². The number of carbonyl (C=O) groups is 4. The van der Waals surface area contributed by atoms with Crippen molar-refractivity contribution >= 4 is 41.1 Å². The van der Waals surface area contributed by atoms with Crippen LogP contribution in [0.3, 0.4) is 0 Å². The molecule has 0 aliphatic rings. The van der Waals surface area contributed by atoms with Crippen molar-refractivity contribution in [3.63, 3.8) is 0 Å². The number of hydrogen-bond acceptors (Lipinski definition) is 5. The number of halogens is 1. The average molecular weight is 629 g/mol. The highest BCUT2D eigenvalue weighted by Gasteiger charge is 2.38. The number of para-hydroxylation sites is 1. The zero-order valence-electron chi connectivity index (χ0n) is 27.2. The summed E-state index contributed by atoms with van der Waals surface area (Å²) in [6.45, 7) is 13.0. The number of aryl methyl sites for hydroxylation is 3. The van der Waals surface area contributed by atoms with Gasteiger partial charge >= 0.3 is 6.09 Å². The van der Waals surface area contributed by atoms with E-state index in [-0.39, 0.29) is 6.54 Å². The van der Waals surface area contributed by atoms with E-state index in [0.29, 0.717) is 22.7 Å². The number of nitrogens with zero attached hydrogens (tertiary/aromatic N) is 1. The first-order chi connectivity index (χ1) is 20.7. The van der Waals surface area contributed by atoms with Crippen LogP contribution in [0.1, 0.15) is 101 Å². The summed E-state index contributed by atoms with van der Waals surface area (Å²) >= 11 is 6.48. The Morgan fingerprint density at radius 1 is 0.909 bits per heavy atom. The van der Waals surface area contributed by atoms with Crippen LogP contribution in [0.4, 0.5) is 10.5 Å². The lowest BCUT2D eigenvalue weighted by Crippen LogP contribution is -2.54. The second-order valence-corrected chi connectivity index (χ2v) is 12.7. The van der Waals surface area contributed by atoms with E-state index in [0.717, 1.165) is 48.8 Å². The number of rotatable bonds is 15. The van der Waals surface area contributed by atoms with E-state index in [1.807, 2.05) is 45.0 Å². The number of primary amides is 1. The number of unbranched alkanes of at least 4 members (excludes halogenated alkanes) is 5. The third kappa shape index (κ3) is 11.2. The maximum Gasteiger partial charge on any atom is 0.408 e. The molecule has 0 bridgehead atoms. The lowest BCUT2D eigenvalue weighted by Gasteiger charge is -2.36. The lowest BCUT2D eigenvalue weighted by molar-refractivity contribution is -0.142. The highest BCUT2D eigenvalue weighted by atomic mass is 35.5. The summed E-state index contributed by atoms with van der Waals surface area (Å²) < 4.78 is 5.39. The first-order valence-corrected chi connectivity index (χ1v) is 15.7. The first-order valence-electron chi connectivity index (χ1n) is 15.4. The van der Waals surface area contributed by atoms with Crippen molar-refractivity contribution in [3.8, 4) is 0 Å². The Morgan fingerprint density at radius 2 is 1.48 bits per heavy atom. The Labute approximate surface area is 267 Å². The monoisotopic (exact) mass is 628 g/mol. The molecule has 0 heterocycles. The minimum atomic E-state index is -1.34. The molecule has 4 amide bonds. The Bertz CT molecular complexity index is 1270. The van der Waals surface area contributed by atoms with Gasteiger partial charge in [0, 0.05) is 6.54 Å². The topological polar surface area (TPSA) is 131 Å². The molecule has 0 aliphatic carbocycles. The number of hydrogen-bond donors (Lipinski definition) is 3. The SMILES string of the molecule is CCCCCCCCN(C(=O)C(CC(N)=O)NC(=O)OC(C)(C)C)C(C(=O)Nc1c(C)cccc1Cl)c1c(C)cccc1C. The normalized spacial score (nSPS) is 12.6. The predicted octanol–water partition coefficient (Wildman–Crippen LogP) is 6.90. The highest BCUT2D eigenvalue weighted by Crippen LogP contribution is 2.32. The van der Waals surface area contributed by atoms with Crippen LogP contribution in [0.5, 0.6) is 0 Å². The number of alkyl carbamates (subject to hydrolysis) is 1. The van der Waals surface area contributed by atoms with E-state index >= 15 is 0 Å². The minimum absolute atomic E-state index is 0.212. The zero-order chi connectivity index (χ0) is 33.0. The van der Waals surface area contributed by atoms with Crippen LogP contribution in [0.15, 0.2) is 36.4 Å². The smallest absolute Gasteiger partial charge is 0.408 e. The van der Waals surface area contributed by atoms with Crippen LogP contribution in [0.2, 0.25) is 5.02 Å². The fourth-order valence-electron chi connectivity index (χ4n) is 5.15. The van der Waals surface area contributed by atoms with Crippen molar-refractivity contribution in [2.45, 2.75) is 111 Å². The predicted molar refractivity (Wildman–Crippen MR) is 176 cm³/mol. The molecule has 0 saturated heterocycles. The molecule has 0 fully saturated rings. The van der Waals surface area contributed by atoms with Crippen LogP contribution < -0.4 is 16.4 Å². The van der Waals surface area contributed by atoms with E-state index in [1.54, 1.807) is 32.9 Å². The molecule has 2 aromatic carbocycles. The zero-order valence-corrected chi connectivity index (χ0v) is 28.0. The quantitative estimate of drug-likeness (QED) is 0.185. The molecule has 0 spiro atoms. The maximum atomic E-state index is 14.4. The van der Waals surface area contributed by atoms with Gasteiger partial charge in [-0.1, -0.05) is 81.0 Å². The molecule has 2 aromatic rings. The van der Waals surface area contributed by atoms with Crippen molar-refractivity contribution in [1.82, 2.24) is 10.2 Å². The standard InChI is InChI=1S/C34H49ClN4O5/c1-8-9-10-11-12-13-20-39(32(42)26(21-27(36)40)37-33(43)44-34(5,6)7)30(28-22(2)16-14-17-23(28)3)31(41)38-29-24(4)18-15-19-25(29)35/h14-19,26,30H,8-13,20-21H2,1-7H3,(H2,36,40)(H,37,43)(H,38,41). The molecular weight excluding hydrogens is 580 g/mol. The van der Waals surface area contributed by atoms with Gasteiger partial charge in [-0.3, -0.25) is 14.4 Å². The maximum absolute atomic E-state index is 14.4. The average Bonchev–Trinajstić information content (AvgIpc) is 2.91. The molecule has 10 heteroatoms. The third-order valence-corrected chi connectivity index (χ3v) is 7.59. The fourth-order valence-corrected chi connectivity index (χ4v) is 5.42. The number of nitrogens with one attached hydrogen (secondary N) is 2. The Morgan fingerprint density at radius 3 is 2.05 bits per heavy atom. The van der Waals surface area contributed by atoms with Crippen LogP contribution in [0, 0.1) is 20.8 Å². The van der Waals surface area contributed by atoms with Gasteiger partial charge in [0.15, 0.2) is 0 Å². The van der Waals surface area contributed by atoms with Gasteiger partial charge in [-0.15, -0.1) is 0 Å². The second kappa shape index (κ2) is 17.0. The molecule has 0 radical (unpaired) electrons. The van der Waals surface area contributed by atoms with Crippen LogP contribution in [-0.4, -0.2) is 46.9 Å². The molecule has 242 valence electrons. The molecule has 0 saturated carbocycles. The molecule has 44 heavy (non-hydrogen) atoms. The number of anilines is 1. The summed E-state index contributed by atoms with van der Waals surface area (Å²) in [7, 11) is 0. The van der Waals surface area contributed by atoms with Crippen LogP contribution in [-0.2, 0) is 19.1 Å². The van der Waals surface area contributed by atoms with Crippen molar-refractivity contribution in [2.24, 2.45) is 5.73 Å². The Kier molecular flexibility index (Phi) is 14.2. The van der Waals surface area contributed by atoms with Crippen molar-refractivity contribution < 1.29 is 23.9 Å². The van der Waals surface area contributed by atoms with Crippen molar-refractivity contribution in [1.29, 1.82) is 0 Å². The Hall–Kier alpha value is -3.59. The van der Waals surface area contributed by atoms with Crippen LogP contribution in [0.25, 0.3) is 0 Å². The van der Waals surface area contributed by atoms with E-state index in [4.69, 9.17) is 22.1 Å². The van der Waals surface area contributed by atoms with E-state index in [9.17, 15) is 19.2 Å². The number of benzene rings is 2. The summed E-state index contributed by atoms with van der Waals surface area (Å²) in [5, 5.41) is 5.87. The largest absolute Gasteiger partial charge is 0.444 e. The van der Waals surface area contributed by atoms with Gasteiger partial charge in [0.2, 0.25) is 11.8 Å². The molecule has 2 unspecified atom stereocenters. The summed E-state index contributed by atoms with van der Waals surface area (Å²) in [6.07, 6.45) is 4.41. The summed E-state index contributed by atoms with van der Waals surface area (Å²) in [6, 6.07) is 8.54. The van der Waals surface area contributed by atoms with Crippen LogP contribution >= 0.6 is 11.6 Å². The first kappa shape index (κ1) is 36.6. The molecule has 0 aromatic heterocycles. The van der Waals surface area contributed by atoms with Crippen molar-refractivity contribution in [3.05, 3.63) is 63.7 Å². The highest BCUT2D eigenvalue weighted by molar-refractivity contribution is 6.34. The van der Waals surface area contributed by atoms with Gasteiger partial charge in [-0.05, 0) is 76.3 Å². The summed E-state index contributed by atoms with van der Waals surface area (Å²) in [5.41, 5.74) is 8.19. The Balaban J connectivity index is 2.63. The van der Waals surface area contributed by atoms with Gasteiger partial charge in [-0.2, -0.15) is 0 Å². The molecule has 2 rings (SSSR count). The minimum Gasteiger partial charge on any atom is -0.444 e. The second-order valence-electron chi connectivity index (χ2n) is 12.3. The molecule has 2 atom stereocenters. The molecule has 4 N–H and O–H groups in total. The number of ether oxygens (including phenoxy) is 1. The third-order valence-electron chi connectivity index (χ3n) is 7.28. The molecule has 9 nitrogen and oxygen atoms in total.